The first-order valence-electron chi connectivity index (χ1n) is 7.85. The number of piperidine rings is 1. The highest BCUT2D eigenvalue weighted by Gasteiger charge is 2.55. The van der Waals surface area contributed by atoms with E-state index in [2.05, 4.69) is 0 Å². The van der Waals surface area contributed by atoms with E-state index in [9.17, 15) is 36.2 Å². The van der Waals surface area contributed by atoms with Crippen molar-refractivity contribution in [3.8, 4) is 0 Å². The maximum absolute atomic E-state index is 13.2. The van der Waals surface area contributed by atoms with Crippen molar-refractivity contribution in [3.05, 3.63) is 0 Å². The van der Waals surface area contributed by atoms with Gasteiger partial charge < -0.3 is 15.3 Å². The fourth-order valence-electron chi connectivity index (χ4n) is 3.35. The van der Waals surface area contributed by atoms with Gasteiger partial charge in [-0.15, -0.1) is 0 Å². The molecule has 1 saturated heterocycles. The normalized spacial score (nSPS) is 24.0. The summed E-state index contributed by atoms with van der Waals surface area (Å²) in [6, 6.07) is -3.02. The number of urea groups is 1. The summed E-state index contributed by atoms with van der Waals surface area (Å²) in [5.41, 5.74) is -2.89. The lowest BCUT2D eigenvalue weighted by atomic mass is 9.91. The van der Waals surface area contributed by atoms with E-state index >= 15 is 0 Å². The number of halogens is 6. The Labute approximate surface area is 135 Å². The van der Waals surface area contributed by atoms with E-state index in [-0.39, 0.29) is 0 Å². The van der Waals surface area contributed by atoms with E-state index in [4.69, 9.17) is 0 Å². The zero-order valence-corrected chi connectivity index (χ0v) is 12.9. The van der Waals surface area contributed by atoms with E-state index in [0.29, 0.717) is 25.7 Å². The molecule has 0 spiro atoms. The highest BCUT2D eigenvalue weighted by Crippen LogP contribution is 2.39. The number of carbonyl (C=O) groups excluding carboxylic acids is 1. The smallest absolute Gasteiger partial charge is 0.380 e. The third-order valence-electron chi connectivity index (χ3n) is 4.91. The van der Waals surface area contributed by atoms with Crippen molar-refractivity contribution in [2.24, 2.45) is 5.92 Å². The minimum Gasteiger partial charge on any atom is -0.380 e. The average molecular weight is 362 g/mol. The molecule has 0 aromatic rings. The summed E-state index contributed by atoms with van der Waals surface area (Å²) in [7, 11) is 0. The fourth-order valence-corrected chi connectivity index (χ4v) is 3.35. The number of amides is 2. The number of nitrogens with one attached hydrogen (secondary N) is 1. The zero-order valence-electron chi connectivity index (χ0n) is 12.9. The number of hydrogen-bond donors (Lipinski definition) is 2. The molecule has 0 aromatic carbocycles. The summed E-state index contributed by atoms with van der Waals surface area (Å²) in [6.07, 6.45) is -8.88. The molecular weight excluding hydrogens is 342 g/mol. The van der Waals surface area contributed by atoms with Gasteiger partial charge in [0.05, 0.1) is 0 Å². The molecule has 2 aliphatic rings. The molecular formula is C14H20F6N2O2. The van der Waals surface area contributed by atoms with Crippen LogP contribution in [0.25, 0.3) is 0 Å². The van der Waals surface area contributed by atoms with Crippen LogP contribution in [0.4, 0.5) is 31.1 Å². The van der Waals surface area contributed by atoms with Gasteiger partial charge >= 0.3 is 18.4 Å². The number of carbonyl (C=O) groups is 1. The van der Waals surface area contributed by atoms with Gasteiger partial charge in [0.25, 0.3) is 0 Å². The maximum atomic E-state index is 13.2. The molecule has 1 aliphatic heterocycles. The second-order valence-electron chi connectivity index (χ2n) is 6.53. The highest BCUT2D eigenvalue weighted by molar-refractivity contribution is 5.74. The van der Waals surface area contributed by atoms with Crippen LogP contribution in [0.15, 0.2) is 0 Å². The van der Waals surface area contributed by atoms with E-state index in [0.717, 1.165) is 4.90 Å². The molecule has 0 radical (unpaired) electrons. The summed E-state index contributed by atoms with van der Waals surface area (Å²) in [6.45, 7) is -0.895. The molecule has 4 nitrogen and oxygen atoms in total. The summed E-state index contributed by atoms with van der Waals surface area (Å²) >= 11 is 0. The van der Waals surface area contributed by atoms with Crippen molar-refractivity contribution in [2.75, 3.05) is 13.1 Å². The van der Waals surface area contributed by atoms with Gasteiger partial charge in [0, 0.05) is 25.9 Å². The number of likely N-dealkylation sites (tertiary alicyclic amines) is 1. The molecule has 0 bridgehead atoms. The third-order valence-corrected chi connectivity index (χ3v) is 4.91. The Morgan fingerprint density at radius 1 is 1.08 bits per heavy atom. The van der Waals surface area contributed by atoms with Crippen molar-refractivity contribution < 1.29 is 36.2 Å². The molecule has 24 heavy (non-hydrogen) atoms. The number of alkyl halides is 6. The van der Waals surface area contributed by atoms with Crippen molar-refractivity contribution in [1.29, 1.82) is 0 Å². The molecule has 2 amide bonds. The first-order valence-corrected chi connectivity index (χ1v) is 7.85. The van der Waals surface area contributed by atoms with E-state index in [1.807, 2.05) is 5.32 Å². The van der Waals surface area contributed by atoms with E-state index in [1.54, 1.807) is 0 Å². The standard InChI is InChI=1S/C14H20F6N2O2/c15-13(16,17)10(9-3-1-2-4-9)21-11(23)22-7-5-12(24,6-8-22)14(18,19)20/h9-10,24H,1-8H2,(H,21,23). The van der Waals surface area contributed by atoms with Crippen molar-refractivity contribution in [3.63, 3.8) is 0 Å². The number of aliphatic hydroxyl groups is 1. The van der Waals surface area contributed by atoms with E-state index in [1.165, 1.54) is 0 Å². The molecule has 0 aromatic heterocycles. The highest BCUT2D eigenvalue weighted by atomic mass is 19.4. The largest absolute Gasteiger partial charge is 0.417 e. The van der Waals surface area contributed by atoms with Gasteiger partial charge in [0.2, 0.25) is 0 Å². The minimum atomic E-state index is -4.83. The lowest BCUT2D eigenvalue weighted by molar-refractivity contribution is -0.271. The summed E-state index contributed by atoms with van der Waals surface area (Å²) in [5.74, 6) is -0.703. The third kappa shape index (κ3) is 4.07. The Morgan fingerprint density at radius 3 is 2.00 bits per heavy atom. The van der Waals surface area contributed by atoms with Crippen molar-refractivity contribution in [1.82, 2.24) is 10.2 Å². The van der Waals surface area contributed by atoms with Crippen LogP contribution in [-0.2, 0) is 0 Å². The average Bonchev–Trinajstić information content (AvgIpc) is 2.96. The van der Waals surface area contributed by atoms with Crippen LogP contribution in [0.5, 0.6) is 0 Å². The number of hydrogen-bond acceptors (Lipinski definition) is 2. The summed E-state index contributed by atoms with van der Waals surface area (Å²) < 4.78 is 77.6. The van der Waals surface area contributed by atoms with Gasteiger partial charge in [-0.1, -0.05) is 12.8 Å². The molecule has 1 saturated carbocycles. The maximum Gasteiger partial charge on any atom is 0.417 e. The van der Waals surface area contributed by atoms with E-state index < -0.39 is 61.9 Å². The molecule has 1 unspecified atom stereocenters. The molecule has 2 fully saturated rings. The predicted molar refractivity (Wildman–Crippen MR) is 72.1 cm³/mol. The van der Waals surface area contributed by atoms with Crippen LogP contribution in [0.1, 0.15) is 38.5 Å². The summed E-state index contributed by atoms with van der Waals surface area (Å²) in [4.78, 5) is 12.9. The Kier molecular flexibility index (Phi) is 5.27. The SMILES string of the molecule is O=C(NC(C1CCCC1)C(F)(F)F)N1CCC(O)(C(F)(F)F)CC1. The Bertz CT molecular complexity index is 451. The molecule has 140 valence electrons. The van der Waals surface area contributed by atoms with Crippen LogP contribution >= 0.6 is 0 Å². The second kappa shape index (κ2) is 6.61. The minimum absolute atomic E-state index is 0.359. The topological polar surface area (TPSA) is 52.6 Å². The Morgan fingerprint density at radius 2 is 1.58 bits per heavy atom. The quantitative estimate of drug-likeness (QED) is 0.742. The zero-order chi connectivity index (χ0) is 18.2. The van der Waals surface area contributed by atoms with Gasteiger partial charge in [-0.3, -0.25) is 0 Å². The second-order valence-corrected chi connectivity index (χ2v) is 6.53. The summed E-state index contributed by atoms with van der Waals surface area (Å²) in [5, 5.41) is 11.5. The first kappa shape index (κ1) is 19.1. The van der Waals surface area contributed by atoms with Gasteiger partial charge in [0.15, 0.2) is 5.60 Å². The number of rotatable bonds is 2. The molecule has 1 heterocycles. The van der Waals surface area contributed by atoms with Crippen LogP contribution in [0.2, 0.25) is 0 Å². The van der Waals surface area contributed by atoms with Crippen LogP contribution in [0, 0.1) is 5.92 Å². The van der Waals surface area contributed by atoms with Gasteiger partial charge in [-0.2, -0.15) is 26.3 Å². The fraction of sp³-hybridized carbons (Fsp3) is 0.929. The van der Waals surface area contributed by atoms with Gasteiger partial charge in [-0.25, -0.2) is 4.79 Å². The Balaban J connectivity index is 1.97. The number of nitrogens with zero attached hydrogens (tertiary/aromatic N) is 1. The molecule has 1 aliphatic carbocycles. The van der Waals surface area contributed by atoms with Gasteiger partial charge in [-0.05, 0) is 18.8 Å². The monoisotopic (exact) mass is 362 g/mol. The molecule has 2 N–H and O–H groups in total. The molecule has 2 rings (SSSR count). The van der Waals surface area contributed by atoms with Gasteiger partial charge in [0.1, 0.15) is 6.04 Å². The van der Waals surface area contributed by atoms with Crippen LogP contribution in [-0.4, -0.2) is 53.1 Å². The Hall–Kier alpha value is -1.19. The molecule has 10 heteroatoms. The van der Waals surface area contributed by atoms with Crippen LogP contribution < -0.4 is 5.32 Å². The first-order chi connectivity index (χ1) is 10.9. The molecule has 1 atom stereocenters. The lowest BCUT2D eigenvalue weighted by Crippen LogP contribution is -2.58. The van der Waals surface area contributed by atoms with Crippen molar-refractivity contribution >= 4 is 6.03 Å². The predicted octanol–water partition coefficient (Wildman–Crippen LogP) is 3.21. The van der Waals surface area contributed by atoms with Crippen molar-refractivity contribution in [2.45, 2.75) is 62.5 Å². The lowest BCUT2D eigenvalue weighted by Gasteiger charge is -2.39. The van der Waals surface area contributed by atoms with Crippen LogP contribution in [0.3, 0.4) is 0 Å².